The van der Waals surface area contributed by atoms with E-state index in [1.165, 1.54) is 6.26 Å². The maximum absolute atomic E-state index is 12.7. The molecule has 0 fully saturated rings. The van der Waals surface area contributed by atoms with Crippen molar-refractivity contribution >= 4 is 28.6 Å². The molecule has 0 aliphatic carbocycles. The van der Waals surface area contributed by atoms with Crippen LogP contribution in [-0.4, -0.2) is 40.4 Å². The van der Waals surface area contributed by atoms with Crippen LogP contribution in [0.15, 0.2) is 53.5 Å². The number of benzene rings is 1. The molecule has 0 saturated heterocycles. The van der Waals surface area contributed by atoms with Crippen molar-refractivity contribution in [3.63, 3.8) is 0 Å². The molecule has 4 heterocycles. The first kappa shape index (κ1) is 20.4. The fraction of sp³-hybridized carbons (Fsp3) is 0.182. The van der Waals surface area contributed by atoms with E-state index in [1.807, 2.05) is 51.5 Å². The highest BCUT2D eigenvalue weighted by Crippen LogP contribution is 2.23. The molecule has 1 aromatic carbocycles. The number of oxazole rings is 1. The summed E-state index contributed by atoms with van der Waals surface area (Å²) in [5.74, 6) is 0.663. The number of nitrogens with zero attached hydrogens (tertiary/aromatic N) is 7. The molecule has 0 bridgehead atoms. The second kappa shape index (κ2) is 8.19. The van der Waals surface area contributed by atoms with Crippen molar-refractivity contribution in [3.8, 4) is 11.4 Å². The van der Waals surface area contributed by atoms with Gasteiger partial charge in [-0.05, 0) is 18.1 Å². The molecule has 1 amide bonds. The van der Waals surface area contributed by atoms with Gasteiger partial charge in [-0.25, -0.2) is 15.0 Å². The number of aromatic nitrogens is 7. The molecule has 0 radical (unpaired) electrons. The van der Waals surface area contributed by atoms with Gasteiger partial charge >= 0.3 is 5.91 Å². The van der Waals surface area contributed by atoms with E-state index in [1.54, 1.807) is 21.8 Å². The third-order valence-corrected chi connectivity index (χ3v) is 5.15. The summed E-state index contributed by atoms with van der Waals surface area (Å²) in [5, 5.41) is 15.5. The number of hydrogen-bond acceptors (Lipinski definition) is 8. The molecule has 11 heteroatoms. The van der Waals surface area contributed by atoms with Gasteiger partial charge in [-0.3, -0.25) is 14.2 Å². The van der Waals surface area contributed by atoms with Gasteiger partial charge in [0, 0.05) is 44.5 Å². The third kappa shape index (κ3) is 4.03. The topological polar surface area (TPSA) is 129 Å². The Labute approximate surface area is 188 Å². The summed E-state index contributed by atoms with van der Waals surface area (Å²) >= 11 is 0. The van der Waals surface area contributed by atoms with Gasteiger partial charge in [0.25, 0.3) is 5.89 Å². The first-order chi connectivity index (χ1) is 16.0. The molecular formula is C22H21N9O2. The van der Waals surface area contributed by atoms with Gasteiger partial charge in [-0.2, -0.15) is 10.2 Å². The van der Waals surface area contributed by atoms with E-state index < -0.39 is 5.91 Å². The lowest BCUT2D eigenvalue weighted by molar-refractivity contribution is 0.0916. The molecule has 0 atom stereocenters. The molecule has 11 nitrogen and oxygen atoms in total. The summed E-state index contributed by atoms with van der Waals surface area (Å²) in [4.78, 5) is 25.8. The lowest BCUT2D eigenvalue weighted by Gasteiger charge is -2.07. The highest BCUT2D eigenvalue weighted by Gasteiger charge is 2.18. The Morgan fingerprint density at radius 2 is 2.06 bits per heavy atom. The number of aryl methyl sites for hydroxylation is 3. The molecule has 4 aromatic heterocycles. The zero-order chi connectivity index (χ0) is 22.9. The maximum Gasteiger partial charge on any atom is 0.307 e. The lowest BCUT2D eigenvalue weighted by Crippen LogP contribution is -2.23. The van der Waals surface area contributed by atoms with E-state index in [-0.39, 0.29) is 5.89 Å². The van der Waals surface area contributed by atoms with Crippen molar-refractivity contribution in [2.75, 3.05) is 5.32 Å². The summed E-state index contributed by atoms with van der Waals surface area (Å²) < 4.78 is 8.86. The zero-order valence-corrected chi connectivity index (χ0v) is 18.3. The first-order valence-electron chi connectivity index (χ1n) is 10.2. The minimum Gasteiger partial charge on any atom is -0.440 e. The van der Waals surface area contributed by atoms with Crippen LogP contribution in [0.25, 0.3) is 22.3 Å². The predicted octanol–water partition coefficient (Wildman–Crippen LogP) is 2.73. The van der Waals surface area contributed by atoms with E-state index in [4.69, 9.17) is 4.42 Å². The van der Waals surface area contributed by atoms with E-state index in [0.717, 1.165) is 27.8 Å². The molecule has 0 unspecified atom stereocenters. The molecule has 0 saturated carbocycles. The van der Waals surface area contributed by atoms with Crippen LogP contribution in [0.1, 0.15) is 21.8 Å². The van der Waals surface area contributed by atoms with E-state index >= 15 is 0 Å². The van der Waals surface area contributed by atoms with Crippen molar-refractivity contribution < 1.29 is 9.21 Å². The number of hydrogen-bond donors (Lipinski definition) is 2. The van der Waals surface area contributed by atoms with Gasteiger partial charge in [0.1, 0.15) is 23.5 Å². The first-order valence-corrected chi connectivity index (χ1v) is 10.2. The van der Waals surface area contributed by atoms with Gasteiger partial charge in [-0.1, -0.05) is 18.2 Å². The number of amides is 1. The Bertz CT molecular complexity index is 1460. The van der Waals surface area contributed by atoms with Gasteiger partial charge in [0.15, 0.2) is 0 Å². The maximum atomic E-state index is 12.7. The largest absolute Gasteiger partial charge is 0.440 e. The van der Waals surface area contributed by atoms with Crippen LogP contribution in [0, 0.1) is 6.92 Å². The number of fused-ring (bicyclic) bond motifs is 1. The van der Waals surface area contributed by atoms with Crippen LogP contribution >= 0.6 is 0 Å². The van der Waals surface area contributed by atoms with Crippen molar-refractivity contribution in [2.24, 2.45) is 14.1 Å². The van der Waals surface area contributed by atoms with Gasteiger partial charge in [0.2, 0.25) is 5.95 Å². The summed E-state index contributed by atoms with van der Waals surface area (Å²) in [7, 11) is 3.68. The predicted molar refractivity (Wildman–Crippen MR) is 121 cm³/mol. The summed E-state index contributed by atoms with van der Waals surface area (Å²) in [5.41, 5.74) is 3.56. The molecule has 0 spiro atoms. The standard InChI is InChI=1S/C22H21N9O2/c1-13-9-24-22(27-17-7-8-25-31(17)3)28-18(13)16-12-33-21(26-16)20(32)23-10-14-5-4-6-15-11-30(2)29-19(14)15/h4-9,11-12H,10H2,1-3H3,(H,23,32)(H,24,27,28). The van der Waals surface area contributed by atoms with Crippen LogP contribution in [0.2, 0.25) is 0 Å². The lowest BCUT2D eigenvalue weighted by atomic mass is 10.1. The Morgan fingerprint density at radius 1 is 1.18 bits per heavy atom. The minimum absolute atomic E-state index is 0.0441. The van der Waals surface area contributed by atoms with Crippen molar-refractivity contribution in [3.05, 3.63) is 66.1 Å². The Kier molecular flexibility index (Phi) is 5.05. The molecule has 166 valence electrons. The molecule has 5 aromatic rings. The average molecular weight is 443 g/mol. The monoisotopic (exact) mass is 443 g/mol. The fourth-order valence-electron chi connectivity index (χ4n) is 3.48. The molecule has 0 aliphatic rings. The fourth-order valence-corrected chi connectivity index (χ4v) is 3.48. The van der Waals surface area contributed by atoms with Gasteiger partial charge in [-0.15, -0.1) is 0 Å². The third-order valence-electron chi connectivity index (χ3n) is 5.15. The zero-order valence-electron chi connectivity index (χ0n) is 18.3. The molecule has 5 rings (SSSR count). The van der Waals surface area contributed by atoms with E-state index in [9.17, 15) is 4.79 Å². The smallest absolute Gasteiger partial charge is 0.307 e. The minimum atomic E-state index is -0.422. The van der Waals surface area contributed by atoms with Crippen molar-refractivity contribution in [1.82, 2.24) is 39.8 Å². The number of anilines is 2. The van der Waals surface area contributed by atoms with Crippen LogP contribution in [0.4, 0.5) is 11.8 Å². The molecule has 2 N–H and O–H groups in total. The molecule has 33 heavy (non-hydrogen) atoms. The Balaban J connectivity index is 1.33. The van der Waals surface area contributed by atoms with Crippen LogP contribution in [0.3, 0.4) is 0 Å². The van der Waals surface area contributed by atoms with Gasteiger partial charge in [0.05, 0.1) is 11.7 Å². The van der Waals surface area contributed by atoms with Crippen LogP contribution < -0.4 is 10.6 Å². The second-order valence-electron chi connectivity index (χ2n) is 7.57. The van der Waals surface area contributed by atoms with Crippen LogP contribution in [-0.2, 0) is 20.6 Å². The van der Waals surface area contributed by atoms with Crippen molar-refractivity contribution in [1.29, 1.82) is 0 Å². The summed E-state index contributed by atoms with van der Waals surface area (Å²) in [6.45, 7) is 2.17. The number of carbonyl (C=O) groups is 1. The Morgan fingerprint density at radius 3 is 2.88 bits per heavy atom. The average Bonchev–Trinajstić information content (AvgIpc) is 3.53. The molecular weight excluding hydrogens is 422 g/mol. The summed E-state index contributed by atoms with van der Waals surface area (Å²) in [6, 6.07) is 7.66. The molecule has 0 aliphatic heterocycles. The van der Waals surface area contributed by atoms with Crippen molar-refractivity contribution in [2.45, 2.75) is 13.5 Å². The van der Waals surface area contributed by atoms with Crippen LogP contribution in [0.5, 0.6) is 0 Å². The number of carbonyl (C=O) groups excluding carboxylic acids is 1. The van der Waals surface area contributed by atoms with Gasteiger partial charge < -0.3 is 15.1 Å². The highest BCUT2D eigenvalue weighted by molar-refractivity contribution is 5.90. The summed E-state index contributed by atoms with van der Waals surface area (Å²) in [6.07, 6.45) is 6.71. The second-order valence-corrected chi connectivity index (χ2v) is 7.57. The SMILES string of the molecule is Cc1cnc(Nc2ccnn2C)nc1-c1coc(C(=O)NCc2cccc3cn(C)nc23)n1. The van der Waals surface area contributed by atoms with E-state index in [2.05, 4.69) is 35.8 Å². The Hall–Kier alpha value is -4.54. The quantitative estimate of drug-likeness (QED) is 0.410. The van der Waals surface area contributed by atoms with E-state index in [0.29, 0.717) is 23.9 Å². The highest BCUT2D eigenvalue weighted by atomic mass is 16.4. The normalized spacial score (nSPS) is 11.1. The number of nitrogens with one attached hydrogen (secondary N) is 2. The number of rotatable bonds is 6.